The molecule has 2 aliphatic rings. The lowest BCUT2D eigenvalue weighted by atomic mass is 9.91. The zero-order chi connectivity index (χ0) is 19.0. The van der Waals surface area contributed by atoms with Gasteiger partial charge < -0.3 is 4.74 Å². The maximum Gasteiger partial charge on any atom is 0.287 e. The Morgan fingerprint density at radius 1 is 1.04 bits per heavy atom. The fourth-order valence-electron chi connectivity index (χ4n) is 3.72. The minimum absolute atomic E-state index is 0.122. The zero-order valence-corrected chi connectivity index (χ0v) is 14.4. The fraction of sp³-hybridized carbons (Fsp3) is 0.316. The highest BCUT2D eigenvalue weighted by Crippen LogP contribution is 2.33. The van der Waals surface area contributed by atoms with E-state index >= 15 is 0 Å². The Morgan fingerprint density at radius 2 is 1.70 bits per heavy atom. The Labute approximate surface area is 154 Å². The number of ether oxygens (including phenoxy) is 1. The molecule has 1 fully saturated rings. The van der Waals surface area contributed by atoms with Crippen LogP contribution in [0.15, 0.2) is 42.6 Å². The molecule has 1 aliphatic carbocycles. The first-order valence-corrected chi connectivity index (χ1v) is 8.80. The SMILES string of the molecule is O=C1c2ccccc2C(=O)N1[C@@H]1CCCC[C@H]1Oc1ccc([N+](=O)[O-])cn1. The van der Waals surface area contributed by atoms with E-state index in [1.807, 2.05) is 0 Å². The smallest absolute Gasteiger partial charge is 0.287 e. The third kappa shape index (κ3) is 3.03. The van der Waals surface area contributed by atoms with Crippen LogP contribution < -0.4 is 4.74 Å². The van der Waals surface area contributed by atoms with Crippen LogP contribution in [0.4, 0.5) is 5.69 Å². The number of hydrogen-bond acceptors (Lipinski definition) is 6. The summed E-state index contributed by atoms with van der Waals surface area (Å²) < 4.78 is 5.93. The average molecular weight is 367 g/mol. The predicted molar refractivity (Wildman–Crippen MR) is 94.5 cm³/mol. The number of nitrogens with zero attached hydrogens (tertiary/aromatic N) is 3. The summed E-state index contributed by atoms with van der Waals surface area (Å²) in [5, 5.41) is 10.8. The van der Waals surface area contributed by atoms with Crippen LogP contribution in [0.3, 0.4) is 0 Å². The second-order valence-corrected chi connectivity index (χ2v) is 6.65. The van der Waals surface area contributed by atoms with Crippen molar-refractivity contribution in [1.29, 1.82) is 0 Å². The number of pyridine rings is 1. The molecule has 2 aromatic rings. The van der Waals surface area contributed by atoms with E-state index in [4.69, 9.17) is 4.74 Å². The summed E-state index contributed by atoms with van der Waals surface area (Å²) in [5.41, 5.74) is 0.712. The maximum absolute atomic E-state index is 12.8. The van der Waals surface area contributed by atoms with Gasteiger partial charge in [0.2, 0.25) is 5.88 Å². The van der Waals surface area contributed by atoms with E-state index in [9.17, 15) is 19.7 Å². The quantitative estimate of drug-likeness (QED) is 0.468. The lowest BCUT2D eigenvalue weighted by molar-refractivity contribution is -0.385. The van der Waals surface area contributed by atoms with E-state index in [2.05, 4.69) is 4.98 Å². The van der Waals surface area contributed by atoms with Gasteiger partial charge in [-0.25, -0.2) is 4.98 Å². The van der Waals surface area contributed by atoms with E-state index in [-0.39, 0.29) is 29.4 Å². The van der Waals surface area contributed by atoms with Gasteiger partial charge in [0.15, 0.2) is 0 Å². The third-order valence-electron chi connectivity index (χ3n) is 5.03. The second-order valence-electron chi connectivity index (χ2n) is 6.65. The Bertz CT molecular complexity index is 877. The van der Waals surface area contributed by atoms with Crippen LogP contribution in [0.2, 0.25) is 0 Å². The number of carbonyl (C=O) groups is 2. The van der Waals surface area contributed by atoms with Crippen molar-refractivity contribution in [2.45, 2.75) is 37.8 Å². The molecule has 4 rings (SSSR count). The standard InChI is InChI=1S/C19H17N3O5/c23-18-13-5-1-2-6-14(13)19(24)21(18)15-7-3-4-8-16(15)27-17-10-9-12(11-20-17)22(25)26/h1-2,5-6,9-11,15-16H,3-4,7-8H2/t15-,16-/m1/s1. The summed E-state index contributed by atoms with van der Waals surface area (Å²) in [5.74, 6) is -0.352. The van der Waals surface area contributed by atoms with Crippen molar-refractivity contribution >= 4 is 17.5 Å². The lowest BCUT2D eigenvalue weighted by Crippen LogP contribution is -2.50. The number of nitro groups is 1. The molecule has 2 heterocycles. The van der Waals surface area contributed by atoms with Crippen LogP contribution in [0.25, 0.3) is 0 Å². The molecular formula is C19H17N3O5. The van der Waals surface area contributed by atoms with E-state index in [1.165, 1.54) is 17.0 Å². The highest BCUT2D eigenvalue weighted by molar-refractivity contribution is 6.21. The van der Waals surface area contributed by atoms with Crippen molar-refractivity contribution in [2.24, 2.45) is 0 Å². The summed E-state index contributed by atoms with van der Waals surface area (Å²) >= 11 is 0. The summed E-state index contributed by atoms with van der Waals surface area (Å²) in [6.45, 7) is 0. The molecule has 0 radical (unpaired) electrons. The van der Waals surface area contributed by atoms with Gasteiger partial charge in [0.1, 0.15) is 12.3 Å². The first-order chi connectivity index (χ1) is 13.1. The summed E-state index contributed by atoms with van der Waals surface area (Å²) in [6, 6.07) is 9.17. The topological polar surface area (TPSA) is 103 Å². The van der Waals surface area contributed by atoms with Crippen molar-refractivity contribution in [3.05, 3.63) is 63.8 Å². The largest absolute Gasteiger partial charge is 0.472 e. The molecule has 0 bridgehead atoms. The van der Waals surface area contributed by atoms with Gasteiger partial charge in [-0.2, -0.15) is 0 Å². The fourth-order valence-corrected chi connectivity index (χ4v) is 3.72. The number of hydrogen-bond donors (Lipinski definition) is 0. The minimum Gasteiger partial charge on any atom is -0.472 e. The number of carbonyl (C=O) groups excluding carboxylic acids is 2. The average Bonchev–Trinajstić information content (AvgIpc) is 2.94. The number of imide groups is 1. The number of rotatable bonds is 4. The summed E-state index contributed by atoms with van der Waals surface area (Å²) in [7, 11) is 0. The molecule has 0 spiro atoms. The van der Waals surface area contributed by atoms with Gasteiger partial charge in [0, 0.05) is 12.1 Å². The molecule has 2 amide bonds. The van der Waals surface area contributed by atoms with Crippen LogP contribution in [-0.4, -0.2) is 38.8 Å². The van der Waals surface area contributed by atoms with Crippen molar-refractivity contribution < 1.29 is 19.2 Å². The molecule has 2 atom stereocenters. The minimum atomic E-state index is -0.529. The lowest BCUT2D eigenvalue weighted by Gasteiger charge is -2.36. The molecule has 1 aromatic carbocycles. The van der Waals surface area contributed by atoms with Gasteiger partial charge in [-0.3, -0.25) is 24.6 Å². The molecule has 0 saturated heterocycles. The van der Waals surface area contributed by atoms with E-state index in [1.54, 1.807) is 24.3 Å². The van der Waals surface area contributed by atoms with E-state index in [0.717, 1.165) is 19.0 Å². The Hall–Kier alpha value is -3.29. The Kier molecular flexibility index (Phi) is 4.31. The zero-order valence-electron chi connectivity index (χ0n) is 14.4. The van der Waals surface area contributed by atoms with Crippen LogP contribution in [0.5, 0.6) is 5.88 Å². The van der Waals surface area contributed by atoms with Gasteiger partial charge in [-0.1, -0.05) is 18.6 Å². The monoisotopic (exact) mass is 367 g/mol. The second kappa shape index (κ2) is 6.79. The molecule has 0 unspecified atom stereocenters. The normalized spacial score (nSPS) is 21.9. The van der Waals surface area contributed by atoms with Gasteiger partial charge in [0.05, 0.1) is 22.1 Å². The Balaban J connectivity index is 1.57. The highest BCUT2D eigenvalue weighted by atomic mass is 16.6. The molecular weight excluding hydrogens is 350 g/mol. The molecule has 1 aliphatic heterocycles. The number of fused-ring (bicyclic) bond motifs is 1. The number of aromatic nitrogens is 1. The third-order valence-corrected chi connectivity index (χ3v) is 5.03. The molecule has 1 saturated carbocycles. The maximum atomic E-state index is 12.8. The number of benzene rings is 1. The molecule has 8 nitrogen and oxygen atoms in total. The van der Waals surface area contributed by atoms with Crippen molar-refractivity contribution in [1.82, 2.24) is 9.88 Å². The highest BCUT2D eigenvalue weighted by Gasteiger charge is 2.44. The van der Waals surface area contributed by atoms with Gasteiger partial charge in [-0.05, 0) is 31.4 Å². The van der Waals surface area contributed by atoms with Gasteiger partial charge in [0.25, 0.3) is 17.5 Å². The molecule has 27 heavy (non-hydrogen) atoms. The van der Waals surface area contributed by atoms with Gasteiger partial charge >= 0.3 is 0 Å². The van der Waals surface area contributed by atoms with Crippen LogP contribution >= 0.6 is 0 Å². The molecule has 8 heteroatoms. The predicted octanol–water partition coefficient (Wildman–Crippen LogP) is 2.98. The van der Waals surface area contributed by atoms with Crippen molar-refractivity contribution in [3.63, 3.8) is 0 Å². The van der Waals surface area contributed by atoms with E-state index in [0.29, 0.717) is 24.0 Å². The van der Waals surface area contributed by atoms with Crippen LogP contribution in [-0.2, 0) is 0 Å². The van der Waals surface area contributed by atoms with Crippen molar-refractivity contribution in [2.75, 3.05) is 0 Å². The molecule has 138 valence electrons. The van der Waals surface area contributed by atoms with Crippen LogP contribution in [0.1, 0.15) is 46.4 Å². The molecule has 0 N–H and O–H groups in total. The van der Waals surface area contributed by atoms with Crippen molar-refractivity contribution in [3.8, 4) is 5.88 Å². The van der Waals surface area contributed by atoms with Crippen LogP contribution in [0, 0.1) is 10.1 Å². The first kappa shape index (κ1) is 17.1. The summed E-state index contributed by atoms with van der Waals surface area (Å²) in [4.78, 5) is 41.1. The van der Waals surface area contributed by atoms with Gasteiger partial charge in [-0.15, -0.1) is 0 Å². The summed E-state index contributed by atoms with van der Waals surface area (Å²) in [6.07, 6.45) is 3.88. The first-order valence-electron chi connectivity index (χ1n) is 8.80. The molecule has 1 aromatic heterocycles. The Morgan fingerprint density at radius 3 is 2.30 bits per heavy atom. The number of amides is 2. The van der Waals surface area contributed by atoms with E-state index < -0.39 is 11.0 Å².